The van der Waals surface area contributed by atoms with Gasteiger partial charge in [-0.25, -0.2) is 4.90 Å². The Morgan fingerprint density at radius 2 is 1.71 bits per heavy atom. The zero-order valence-electron chi connectivity index (χ0n) is 16.9. The fourth-order valence-corrected chi connectivity index (χ4v) is 3.66. The molecule has 1 heterocycles. The number of nitrogens with zero attached hydrogens (tertiary/aromatic N) is 2. The number of hydrogen-bond acceptors (Lipinski definition) is 5. The van der Waals surface area contributed by atoms with Crippen LogP contribution >= 0.6 is 0 Å². The normalized spacial score (nSPS) is 13.1. The lowest BCUT2D eigenvalue weighted by Crippen LogP contribution is -2.40. The molecule has 1 aliphatic heterocycles. The Labute approximate surface area is 177 Å². The summed E-state index contributed by atoms with van der Waals surface area (Å²) < 4.78 is 0. The van der Waals surface area contributed by atoms with Crippen molar-refractivity contribution in [3.8, 4) is 0 Å². The second kappa shape index (κ2) is 7.64. The van der Waals surface area contributed by atoms with E-state index >= 15 is 0 Å². The van der Waals surface area contributed by atoms with Gasteiger partial charge in [0, 0.05) is 34.7 Å². The van der Waals surface area contributed by atoms with Crippen LogP contribution in [0.5, 0.6) is 0 Å². The zero-order chi connectivity index (χ0) is 22.3. The van der Waals surface area contributed by atoms with E-state index in [0.717, 1.165) is 4.90 Å². The van der Waals surface area contributed by atoms with Gasteiger partial charge in [-0.2, -0.15) is 0 Å². The molecule has 0 saturated carbocycles. The third-order valence-corrected chi connectivity index (χ3v) is 5.12. The molecule has 0 unspecified atom stereocenters. The van der Waals surface area contributed by atoms with Crippen molar-refractivity contribution in [2.75, 3.05) is 11.4 Å². The van der Waals surface area contributed by atoms with E-state index in [4.69, 9.17) is 0 Å². The van der Waals surface area contributed by atoms with Crippen LogP contribution in [0.3, 0.4) is 0 Å². The van der Waals surface area contributed by atoms with Crippen LogP contribution in [0.4, 0.5) is 11.4 Å². The minimum Gasteiger partial charge on any atom is -0.352 e. The number of nitro benzene ring substituents is 1. The summed E-state index contributed by atoms with van der Waals surface area (Å²) in [5, 5.41) is 14.7. The van der Waals surface area contributed by atoms with E-state index in [1.165, 1.54) is 30.3 Å². The van der Waals surface area contributed by atoms with Crippen LogP contribution in [-0.4, -0.2) is 29.2 Å². The van der Waals surface area contributed by atoms with E-state index < -0.39 is 16.7 Å². The molecule has 0 spiro atoms. The molecule has 0 radical (unpaired) electrons. The average molecular weight is 417 g/mol. The van der Waals surface area contributed by atoms with Crippen molar-refractivity contribution in [2.24, 2.45) is 5.92 Å². The van der Waals surface area contributed by atoms with Crippen LogP contribution in [0.1, 0.15) is 44.9 Å². The Morgan fingerprint density at radius 3 is 2.39 bits per heavy atom. The highest BCUT2D eigenvalue weighted by atomic mass is 16.6. The molecule has 8 nitrogen and oxygen atoms in total. The number of amides is 3. The lowest BCUT2D eigenvalue weighted by Gasteiger charge is -2.27. The minimum atomic E-state index is -0.594. The molecule has 156 valence electrons. The molecule has 3 aromatic carbocycles. The number of nitro groups is 1. The first-order chi connectivity index (χ1) is 14.8. The monoisotopic (exact) mass is 417 g/mol. The van der Waals surface area contributed by atoms with Gasteiger partial charge < -0.3 is 5.32 Å². The molecule has 0 aromatic heterocycles. The third-order valence-electron chi connectivity index (χ3n) is 5.12. The van der Waals surface area contributed by atoms with Crippen LogP contribution in [0, 0.1) is 16.0 Å². The summed E-state index contributed by atoms with van der Waals surface area (Å²) in [5.74, 6) is -1.21. The van der Waals surface area contributed by atoms with Gasteiger partial charge in [-0.1, -0.05) is 26.0 Å². The predicted molar refractivity (Wildman–Crippen MR) is 115 cm³/mol. The van der Waals surface area contributed by atoms with Crippen molar-refractivity contribution >= 4 is 39.9 Å². The van der Waals surface area contributed by atoms with Gasteiger partial charge in [0.2, 0.25) is 0 Å². The lowest BCUT2D eigenvalue weighted by molar-refractivity contribution is -0.383. The van der Waals surface area contributed by atoms with Gasteiger partial charge in [0.1, 0.15) is 0 Å². The number of carbonyl (C=O) groups is 3. The van der Waals surface area contributed by atoms with Crippen molar-refractivity contribution in [2.45, 2.75) is 13.8 Å². The Bertz CT molecular complexity index is 1240. The topological polar surface area (TPSA) is 110 Å². The maximum absolute atomic E-state index is 13.2. The van der Waals surface area contributed by atoms with E-state index in [9.17, 15) is 24.5 Å². The first-order valence-corrected chi connectivity index (χ1v) is 9.76. The summed E-state index contributed by atoms with van der Waals surface area (Å²) in [6.07, 6.45) is 0. The Morgan fingerprint density at radius 1 is 1.03 bits per heavy atom. The number of anilines is 1. The van der Waals surface area contributed by atoms with Crippen LogP contribution in [0.25, 0.3) is 10.8 Å². The molecule has 3 aromatic rings. The summed E-state index contributed by atoms with van der Waals surface area (Å²) in [6.45, 7) is 4.45. The number of hydrogen-bond donors (Lipinski definition) is 1. The highest BCUT2D eigenvalue weighted by Crippen LogP contribution is 2.36. The van der Waals surface area contributed by atoms with Crippen LogP contribution < -0.4 is 10.2 Å². The standard InChI is InChI=1S/C23H19N3O5/c1-13(2)12-24-21(27)14-5-3-6-15(11-14)25-22(28)17-8-4-7-16-19(26(30)31)10-9-18(20(16)17)23(25)29/h3-11,13H,12H2,1-2H3,(H,24,27). The van der Waals surface area contributed by atoms with Crippen molar-refractivity contribution in [1.29, 1.82) is 0 Å². The molecule has 8 heteroatoms. The predicted octanol–water partition coefficient (Wildman–Crippen LogP) is 3.93. The Kier molecular flexibility index (Phi) is 4.98. The van der Waals surface area contributed by atoms with Gasteiger partial charge in [0.05, 0.1) is 16.0 Å². The van der Waals surface area contributed by atoms with Gasteiger partial charge in [-0.3, -0.25) is 24.5 Å². The summed E-state index contributed by atoms with van der Waals surface area (Å²) in [6, 6.07) is 13.5. The van der Waals surface area contributed by atoms with E-state index in [2.05, 4.69) is 5.32 Å². The summed E-state index contributed by atoms with van der Waals surface area (Å²) in [4.78, 5) is 50.7. The molecule has 0 saturated heterocycles. The highest BCUT2D eigenvalue weighted by molar-refractivity contribution is 6.36. The zero-order valence-corrected chi connectivity index (χ0v) is 16.9. The van der Waals surface area contributed by atoms with Gasteiger partial charge in [-0.15, -0.1) is 0 Å². The van der Waals surface area contributed by atoms with Gasteiger partial charge >= 0.3 is 0 Å². The quantitative estimate of drug-likeness (QED) is 0.384. The molecule has 0 fully saturated rings. The molecular weight excluding hydrogens is 398 g/mol. The Balaban J connectivity index is 1.79. The van der Waals surface area contributed by atoms with Crippen LogP contribution in [-0.2, 0) is 0 Å². The molecule has 1 N–H and O–H groups in total. The van der Waals surface area contributed by atoms with E-state index in [1.807, 2.05) is 13.8 Å². The number of carbonyl (C=O) groups excluding carboxylic acids is 3. The summed E-state index contributed by atoms with van der Waals surface area (Å²) >= 11 is 0. The molecular formula is C23H19N3O5. The molecule has 0 bridgehead atoms. The van der Waals surface area contributed by atoms with Crippen molar-refractivity contribution in [3.05, 3.63) is 81.4 Å². The lowest BCUT2D eigenvalue weighted by atomic mass is 9.92. The third kappa shape index (κ3) is 3.42. The van der Waals surface area contributed by atoms with Crippen molar-refractivity contribution < 1.29 is 19.3 Å². The van der Waals surface area contributed by atoms with E-state index in [1.54, 1.807) is 24.3 Å². The Hall–Kier alpha value is -4.07. The molecule has 1 aliphatic rings. The highest BCUT2D eigenvalue weighted by Gasteiger charge is 2.35. The number of non-ortho nitro benzene ring substituents is 1. The smallest absolute Gasteiger partial charge is 0.277 e. The summed E-state index contributed by atoms with van der Waals surface area (Å²) in [7, 11) is 0. The van der Waals surface area contributed by atoms with Crippen molar-refractivity contribution in [3.63, 3.8) is 0 Å². The average Bonchev–Trinajstić information content (AvgIpc) is 2.75. The SMILES string of the molecule is CC(C)CNC(=O)c1cccc(N2C(=O)c3cccc4c([N+](=O)[O-])ccc(c34)C2=O)c1. The van der Waals surface area contributed by atoms with Gasteiger partial charge in [0.15, 0.2) is 0 Å². The molecule has 31 heavy (non-hydrogen) atoms. The number of nitrogens with one attached hydrogen (secondary N) is 1. The minimum absolute atomic E-state index is 0.168. The molecule has 4 rings (SSSR count). The number of benzene rings is 3. The fourth-order valence-electron chi connectivity index (χ4n) is 3.66. The second-order valence-corrected chi connectivity index (χ2v) is 7.72. The summed E-state index contributed by atoms with van der Waals surface area (Å²) in [5.41, 5.74) is 0.814. The largest absolute Gasteiger partial charge is 0.352 e. The maximum atomic E-state index is 13.2. The van der Waals surface area contributed by atoms with Crippen LogP contribution in [0.15, 0.2) is 54.6 Å². The number of imide groups is 1. The van der Waals surface area contributed by atoms with Gasteiger partial charge in [-0.05, 0) is 42.3 Å². The maximum Gasteiger partial charge on any atom is 0.277 e. The van der Waals surface area contributed by atoms with Crippen molar-refractivity contribution in [1.82, 2.24) is 5.32 Å². The van der Waals surface area contributed by atoms with E-state index in [-0.39, 0.29) is 45.1 Å². The first-order valence-electron chi connectivity index (χ1n) is 9.76. The van der Waals surface area contributed by atoms with Gasteiger partial charge in [0.25, 0.3) is 23.4 Å². The van der Waals surface area contributed by atoms with Crippen LogP contribution in [0.2, 0.25) is 0 Å². The molecule has 3 amide bonds. The molecule has 0 atom stereocenters. The van der Waals surface area contributed by atoms with E-state index in [0.29, 0.717) is 12.1 Å². The fraction of sp³-hybridized carbons (Fsp3) is 0.174. The second-order valence-electron chi connectivity index (χ2n) is 7.72. The number of rotatable bonds is 5. The first kappa shape index (κ1) is 20.2. The molecule has 0 aliphatic carbocycles.